The number of benzene rings is 1. The monoisotopic (exact) mass is 429 g/mol. The molecule has 3 rings (SSSR count). The summed E-state index contributed by atoms with van der Waals surface area (Å²) in [5, 5.41) is 11.5. The van der Waals surface area contributed by atoms with Gasteiger partial charge in [-0.2, -0.15) is 4.68 Å². The molecule has 1 aromatic carbocycles. The molecule has 11 heteroatoms. The van der Waals surface area contributed by atoms with Gasteiger partial charge in [-0.3, -0.25) is 4.79 Å². The van der Waals surface area contributed by atoms with Gasteiger partial charge in [0.15, 0.2) is 0 Å². The maximum absolute atomic E-state index is 12.8. The van der Waals surface area contributed by atoms with Crippen molar-refractivity contribution >= 4 is 17.7 Å². The second kappa shape index (κ2) is 8.60. The van der Waals surface area contributed by atoms with Crippen molar-refractivity contribution in [3.63, 3.8) is 0 Å². The van der Waals surface area contributed by atoms with Crippen LogP contribution in [0.2, 0.25) is 0 Å². The summed E-state index contributed by atoms with van der Waals surface area (Å²) in [6.07, 6.45) is -3.64. The summed E-state index contributed by atoms with van der Waals surface area (Å²) in [5.74, 6) is 0.614. The van der Waals surface area contributed by atoms with E-state index in [0.717, 1.165) is 19.5 Å². The summed E-state index contributed by atoms with van der Waals surface area (Å²) < 4.78 is 42.2. The Hall–Kier alpha value is -2.30. The summed E-state index contributed by atoms with van der Waals surface area (Å²) in [6.45, 7) is 7.55. The maximum atomic E-state index is 12.8. The van der Waals surface area contributed by atoms with Gasteiger partial charge < -0.3 is 9.64 Å². The summed E-state index contributed by atoms with van der Waals surface area (Å²) in [5.41, 5.74) is 0.465. The zero-order chi connectivity index (χ0) is 21.2. The molecule has 3 atom stereocenters. The van der Waals surface area contributed by atoms with Crippen LogP contribution in [0.15, 0.2) is 29.4 Å². The number of thioether (sulfide) groups is 1. The van der Waals surface area contributed by atoms with E-state index < -0.39 is 11.6 Å². The molecule has 2 aromatic rings. The lowest BCUT2D eigenvalue weighted by molar-refractivity contribution is -0.274. The zero-order valence-electron chi connectivity index (χ0n) is 16.3. The van der Waals surface area contributed by atoms with Crippen LogP contribution in [0, 0.1) is 11.8 Å². The molecule has 7 nitrogen and oxygen atoms in total. The third-order valence-electron chi connectivity index (χ3n) is 4.57. The summed E-state index contributed by atoms with van der Waals surface area (Å²) >= 11 is 1.21. The molecule has 0 N–H and O–H groups in total. The number of piperidine rings is 1. The molecule has 0 saturated carbocycles. The number of carbonyl (C=O) groups is 1. The first-order valence-corrected chi connectivity index (χ1v) is 10.1. The van der Waals surface area contributed by atoms with Crippen molar-refractivity contribution in [2.75, 3.05) is 13.1 Å². The number of rotatable bonds is 5. The normalized spacial score (nSPS) is 21.1. The Balaban J connectivity index is 1.69. The highest BCUT2D eigenvalue weighted by molar-refractivity contribution is 8.00. The molecule has 29 heavy (non-hydrogen) atoms. The van der Waals surface area contributed by atoms with Crippen LogP contribution in [0.4, 0.5) is 13.2 Å². The van der Waals surface area contributed by atoms with Crippen molar-refractivity contribution in [2.45, 2.75) is 44.0 Å². The quantitative estimate of drug-likeness (QED) is 0.677. The van der Waals surface area contributed by atoms with E-state index in [-0.39, 0.29) is 11.7 Å². The molecule has 2 heterocycles. The summed E-state index contributed by atoms with van der Waals surface area (Å²) in [7, 11) is 0. The minimum Gasteiger partial charge on any atom is -0.406 e. The Morgan fingerprint density at radius 1 is 1.21 bits per heavy atom. The summed E-state index contributed by atoms with van der Waals surface area (Å²) in [6, 6.07) is 5.21. The van der Waals surface area contributed by atoms with Gasteiger partial charge in [0.2, 0.25) is 11.1 Å². The van der Waals surface area contributed by atoms with E-state index in [1.165, 1.54) is 40.7 Å². The van der Waals surface area contributed by atoms with Crippen LogP contribution < -0.4 is 4.74 Å². The molecule has 0 spiro atoms. The van der Waals surface area contributed by atoms with Gasteiger partial charge in [-0.05, 0) is 59.9 Å². The Kier molecular flexibility index (Phi) is 6.35. The van der Waals surface area contributed by atoms with Gasteiger partial charge in [-0.25, -0.2) is 0 Å². The number of carbonyl (C=O) groups excluding carboxylic acids is 1. The molecule has 1 aliphatic rings. The maximum Gasteiger partial charge on any atom is 0.573 e. The van der Waals surface area contributed by atoms with E-state index in [4.69, 9.17) is 0 Å². The second-order valence-electron chi connectivity index (χ2n) is 7.36. The van der Waals surface area contributed by atoms with Gasteiger partial charge in [0.25, 0.3) is 0 Å². The first-order chi connectivity index (χ1) is 13.6. The number of hydrogen-bond acceptors (Lipinski definition) is 6. The summed E-state index contributed by atoms with van der Waals surface area (Å²) in [4.78, 5) is 14.7. The van der Waals surface area contributed by atoms with E-state index in [1.807, 2.05) is 4.90 Å². The van der Waals surface area contributed by atoms with Gasteiger partial charge >= 0.3 is 6.36 Å². The Bertz CT molecular complexity index is 833. The van der Waals surface area contributed by atoms with Gasteiger partial charge in [-0.15, -0.1) is 18.3 Å². The van der Waals surface area contributed by atoms with E-state index in [1.54, 1.807) is 6.92 Å². The van der Waals surface area contributed by atoms with Gasteiger partial charge in [0.1, 0.15) is 5.75 Å². The predicted molar refractivity (Wildman–Crippen MR) is 101 cm³/mol. The molecule has 158 valence electrons. The van der Waals surface area contributed by atoms with Gasteiger partial charge in [0.05, 0.1) is 10.9 Å². The third-order valence-corrected chi connectivity index (χ3v) is 5.59. The molecule has 0 unspecified atom stereocenters. The van der Waals surface area contributed by atoms with Crippen LogP contribution in [-0.2, 0) is 4.79 Å². The molecule has 1 fully saturated rings. The lowest BCUT2D eigenvalue weighted by atomic mass is 9.92. The van der Waals surface area contributed by atoms with Crippen LogP contribution in [-0.4, -0.2) is 55.7 Å². The Labute approximate surface area is 170 Å². The van der Waals surface area contributed by atoms with Crippen LogP contribution in [0.25, 0.3) is 5.69 Å². The fraction of sp³-hybridized carbons (Fsp3) is 0.556. The molecular formula is C18H22F3N5O2S. The lowest BCUT2D eigenvalue weighted by Gasteiger charge is -2.36. The fourth-order valence-electron chi connectivity index (χ4n) is 3.51. The van der Waals surface area contributed by atoms with E-state index in [9.17, 15) is 18.0 Å². The predicted octanol–water partition coefficient (Wildman–Crippen LogP) is 3.55. The SMILES string of the molecule is C[C@@H]1C[C@@H](C)CN(C(=O)[C@@H](C)Sc2nnnn2-c2ccc(OC(F)(F)F)cc2)C1. The molecular weight excluding hydrogens is 407 g/mol. The number of likely N-dealkylation sites (tertiary alicyclic amines) is 1. The van der Waals surface area contributed by atoms with E-state index >= 15 is 0 Å². The van der Waals surface area contributed by atoms with Crippen LogP contribution in [0.3, 0.4) is 0 Å². The van der Waals surface area contributed by atoms with Crippen molar-refractivity contribution in [2.24, 2.45) is 11.8 Å². The Morgan fingerprint density at radius 3 is 2.41 bits per heavy atom. The number of nitrogens with zero attached hydrogens (tertiary/aromatic N) is 5. The number of tetrazole rings is 1. The number of ether oxygens (including phenoxy) is 1. The molecule has 0 aliphatic carbocycles. The molecule has 0 bridgehead atoms. The van der Waals surface area contributed by atoms with Crippen molar-refractivity contribution < 1.29 is 22.7 Å². The minimum atomic E-state index is -4.75. The second-order valence-corrected chi connectivity index (χ2v) is 8.67. The molecule has 1 amide bonds. The molecule has 1 aromatic heterocycles. The average molecular weight is 429 g/mol. The van der Waals surface area contributed by atoms with Crippen molar-refractivity contribution in [1.29, 1.82) is 0 Å². The number of alkyl halides is 3. The highest BCUT2D eigenvalue weighted by atomic mass is 32.2. The van der Waals surface area contributed by atoms with Gasteiger partial charge in [-0.1, -0.05) is 25.6 Å². The zero-order valence-corrected chi connectivity index (χ0v) is 17.1. The highest BCUT2D eigenvalue weighted by Gasteiger charge is 2.31. The third kappa shape index (κ3) is 5.62. The number of aromatic nitrogens is 4. The van der Waals surface area contributed by atoms with Crippen LogP contribution in [0.5, 0.6) is 5.75 Å². The number of halogens is 3. The highest BCUT2D eigenvalue weighted by Crippen LogP contribution is 2.28. The molecule has 1 aliphatic heterocycles. The van der Waals surface area contributed by atoms with Gasteiger partial charge in [0, 0.05) is 13.1 Å². The smallest absolute Gasteiger partial charge is 0.406 e. The first-order valence-electron chi connectivity index (χ1n) is 9.22. The standard InChI is InChI=1S/C18H22F3N5O2S/c1-11-8-12(2)10-25(9-11)16(27)13(3)29-17-22-23-24-26(17)14-4-6-15(7-5-14)28-18(19,20)21/h4-7,11-13H,8-10H2,1-3H3/t11-,12-,13-/m1/s1. The average Bonchev–Trinajstić information content (AvgIpc) is 3.07. The first kappa shape index (κ1) is 21.4. The van der Waals surface area contributed by atoms with Crippen LogP contribution >= 0.6 is 11.8 Å². The van der Waals surface area contributed by atoms with E-state index in [2.05, 4.69) is 34.1 Å². The largest absolute Gasteiger partial charge is 0.573 e. The topological polar surface area (TPSA) is 73.1 Å². The molecule has 1 saturated heterocycles. The lowest BCUT2D eigenvalue weighted by Crippen LogP contribution is -2.45. The van der Waals surface area contributed by atoms with Crippen molar-refractivity contribution in [3.05, 3.63) is 24.3 Å². The van der Waals surface area contributed by atoms with Crippen molar-refractivity contribution in [3.8, 4) is 11.4 Å². The minimum absolute atomic E-state index is 0.0249. The molecule has 0 radical (unpaired) electrons. The fourth-order valence-corrected chi connectivity index (χ4v) is 4.40. The Morgan fingerprint density at radius 2 is 1.83 bits per heavy atom. The number of hydrogen-bond donors (Lipinski definition) is 0. The van der Waals surface area contributed by atoms with Crippen molar-refractivity contribution in [1.82, 2.24) is 25.1 Å². The van der Waals surface area contributed by atoms with Crippen LogP contribution in [0.1, 0.15) is 27.2 Å². The number of amides is 1. The van der Waals surface area contributed by atoms with E-state index in [0.29, 0.717) is 22.7 Å².